The van der Waals surface area contributed by atoms with Crippen LogP contribution in [0.2, 0.25) is 0 Å². The quantitative estimate of drug-likeness (QED) is 0.376. The van der Waals surface area contributed by atoms with E-state index < -0.39 is 30.0 Å². The molecule has 0 bridgehead atoms. The molecule has 10 heteroatoms. The highest BCUT2D eigenvalue weighted by molar-refractivity contribution is 6.13. The second kappa shape index (κ2) is 9.82. The van der Waals surface area contributed by atoms with E-state index in [1.54, 1.807) is 38.1 Å². The molecule has 1 fully saturated rings. The van der Waals surface area contributed by atoms with Crippen molar-refractivity contribution in [1.29, 1.82) is 0 Å². The Kier molecular flexibility index (Phi) is 6.93. The molecule has 3 amide bonds. The number of furan rings is 1. The SMILES string of the molecule is CCOC(=O)C(C)Oc1cccc(C=C2NC(=O)N(Cc3ccc(C(=O)OC)o3)C2=O)c1. The number of methoxy groups -OCH3 is 1. The number of urea groups is 1. The summed E-state index contributed by atoms with van der Waals surface area (Å²) in [5, 5.41) is 2.51. The first-order valence-corrected chi connectivity index (χ1v) is 9.77. The van der Waals surface area contributed by atoms with Crippen LogP contribution in [0.3, 0.4) is 0 Å². The smallest absolute Gasteiger partial charge is 0.373 e. The van der Waals surface area contributed by atoms with E-state index in [1.165, 1.54) is 25.3 Å². The van der Waals surface area contributed by atoms with Crippen molar-refractivity contribution in [3.05, 3.63) is 59.2 Å². The first kappa shape index (κ1) is 22.6. The summed E-state index contributed by atoms with van der Waals surface area (Å²) in [6, 6.07) is 8.95. The predicted molar refractivity (Wildman–Crippen MR) is 110 cm³/mol. The van der Waals surface area contributed by atoms with E-state index in [0.29, 0.717) is 11.3 Å². The molecule has 0 saturated carbocycles. The maximum atomic E-state index is 12.7. The normalized spacial score (nSPS) is 15.5. The van der Waals surface area contributed by atoms with Crippen molar-refractivity contribution in [3.8, 4) is 5.75 Å². The first-order chi connectivity index (χ1) is 15.3. The molecule has 168 valence electrons. The largest absolute Gasteiger partial charge is 0.479 e. The van der Waals surface area contributed by atoms with Crippen LogP contribution in [0, 0.1) is 0 Å². The van der Waals surface area contributed by atoms with Crippen LogP contribution >= 0.6 is 0 Å². The molecule has 10 nitrogen and oxygen atoms in total. The van der Waals surface area contributed by atoms with E-state index in [9.17, 15) is 19.2 Å². The molecule has 2 heterocycles. The number of hydrogen-bond acceptors (Lipinski definition) is 8. The molecular weight excluding hydrogens is 420 g/mol. The Balaban J connectivity index is 1.71. The van der Waals surface area contributed by atoms with Crippen molar-refractivity contribution in [2.45, 2.75) is 26.5 Å². The number of carbonyl (C=O) groups excluding carboxylic acids is 4. The zero-order chi connectivity index (χ0) is 23.3. The summed E-state index contributed by atoms with van der Waals surface area (Å²) in [4.78, 5) is 49.2. The van der Waals surface area contributed by atoms with Crippen molar-refractivity contribution >= 4 is 30.0 Å². The summed E-state index contributed by atoms with van der Waals surface area (Å²) >= 11 is 0. The van der Waals surface area contributed by atoms with E-state index in [2.05, 4.69) is 10.1 Å². The van der Waals surface area contributed by atoms with Crippen LogP contribution in [-0.4, -0.2) is 48.6 Å². The number of imide groups is 1. The first-order valence-electron chi connectivity index (χ1n) is 9.77. The number of ether oxygens (including phenoxy) is 3. The Morgan fingerprint density at radius 3 is 2.72 bits per heavy atom. The summed E-state index contributed by atoms with van der Waals surface area (Å²) in [6.07, 6.45) is 0.689. The molecule has 2 aromatic rings. The minimum Gasteiger partial charge on any atom is -0.479 e. The molecule has 1 saturated heterocycles. The minimum atomic E-state index is -0.802. The molecule has 1 atom stereocenters. The molecule has 0 spiro atoms. The third-order valence-corrected chi connectivity index (χ3v) is 4.42. The van der Waals surface area contributed by atoms with Crippen molar-refractivity contribution in [3.63, 3.8) is 0 Å². The van der Waals surface area contributed by atoms with Gasteiger partial charge in [-0.2, -0.15) is 0 Å². The second-order valence-electron chi connectivity index (χ2n) is 6.72. The fraction of sp³-hybridized carbons (Fsp3) is 0.273. The highest BCUT2D eigenvalue weighted by atomic mass is 16.6. The zero-order valence-electron chi connectivity index (χ0n) is 17.7. The van der Waals surface area contributed by atoms with Crippen molar-refractivity contribution in [1.82, 2.24) is 10.2 Å². The molecule has 0 aliphatic carbocycles. The van der Waals surface area contributed by atoms with Gasteiger partial charge in [0.1, 0.15) is 17.2 Å². The zero-order valence-corrected chi connectivity index (χ0v) is 17.7. The Morgan fingerprint density at radius 2 is 2.00 bits per heavy atom. The number of rotatable bonds is 8. The highest BCUT2D eigenvalue weighted by Gasteiger charge is 2.34. The summed E-state index contributed by atoms with van der Waals surface area (Å²) in [6.45, 7) is 3.37. The van der Waals surface area contributed by atoms with Gasteiger partial charge in [0.05, 0.1) is 20.3 Å². The van der Waals surface area contributed by atoms with Crippen LogP contribution in [0.1, 0.15) is 35.7 Å². The number of hydrogen-bond donors (Lipinski definition) is 1. The van der Waals surface area contributed by atoms with E-state index in [1.807, 2.05) is 0 Å². The van der Waals surface area contributed by atoms with E-state index in [0.717, 1.165) is 4.90 Å². The summed E-state index contributed by atoms with van der Waals surface area (Å²) in [5.74, 6) is -1.08. The number of amides is 3. The molecule has 1 aromatic carbocycles. The van der Waals surface area contributed by atoms with Crippen LogP contribution < -0.4 is 10.1 Å². The van der Waals surface area contributed by atoms with Gasteiger partial charge in [-0.15, -0.1) is 0 Å². The van der Waals surface area contributed by atoms with Crippen molar-refractivity contribution < 1.29 is 37.8 Å². The standard InChI is InChI=1S/C22H22N2O8/c1-4-30-20(26)13(2)31-15-7-5-6-14(10-15)11-17-19(25)24(22(28)23-17)12-16-8-9-18(32-16)21(27)29-3/h5-11,13H,4,12H2,1-3H3,(H,23,28). The lowest BCUT2D eigenvalue weighted by Gasteiger charge is -2.13. The van der Waals surface area contributed by atoms with Gasteiger partial charge in [0.15, 0.2) is 6.10 Å². The average molecular weight is 442 g/mol. The Bertz CT molecular complexity index is 1070. The lowest BCUT2D eigenvalue weighted by atomic mass is 10.1. The average Bonchev–Trinajstić information content (AvgIpc) is 3.34. The van der Waals surface area contributed by atoms with Crippen LogP contribution in [0.25, 0.3) is 6.08 Å². The monoisotopic (exact) mass is 442 g/mol. The highest BCUT2D eigenvalue weighted by Crippen LogP contribution is 2.21. The van der Waals surface area contributed by atoms with E-state index in [-0.39, 0.29) is 30.4 Å². The number of nitrogens with one attached hydrogen (secondary N) is 1. The number of nitrogens with zero attached hydrogens (tertiary/aromatic N) is 1. The van der Waals surface area contributed by atoms with Crippen LogP contribution in [0.15, 0.2) is 46.5 Å². The molecule has 32 heavy (non-hydrogen) atoms. The molecule has 3 rings (SSSR count). The molecule has 1 aliphatic heterocycles. The summed E-state index contributed by atoms with van der Waals surface area (Å²) in [7, 11) is 1.22. The fourth-order valence-corrected chi connectivity index (χ4v) is 2.90. The van der Waals surface area contributed by atoms with Gasteiger partial charge in [0, 0.05) is 0 Å². The summed E-state index contributed by atoms with van der Waals surface area (Å²) < 4.78 is 20.4. The second-order valence-corrected chi connectivity index (χ2v) is 6.72. The van der Waals surface area contributed by atoms with Gasteiger partial charge in [-0.1, -0.05) is 12.1 Å². The van der Waals surface area contributed by atoms with Crippen LogP contribution in [0.5, 0.6) is 5.75 Å². The van der Waals surface area contributed by atoms with Gasteiger partial charge in [-0.25, -0.2) is 14.4 Å². The van der Waals surface area contributed by atoms with Gasteiger partial charge in [0.25, 0.3) is 5.91 Å². The van der Waals surface area contributed by atoms with Crippen LogP contribution in [-0.2, 0) is 25.6 Å². The van der Waals surface area contributed by atoms with Gasteiger partial charge < -0.3 is 23.9 Å². The lowest BCUT2D eigenvalue weighted by Crippen LogP contribution is -2.30. The number of benzene rings is 1. The Labute approximate surface area is 183 Å². The number of carbonyl (C=O) groups is 4. The topological polar surface area (TPSA) is 124 Å². The third-order valence-electron chi connectivity index (χ3n) is 4.42. The molecule has 1 aromatic heterocycles. The number of esters is 2. The van der Waals surface area contributed by atoms with Crippen molar-refractivity contribution in [2.24, 2.45) is 0 Å². The Hall–Kier alpha value is -4.08. The lowest BCUT2D eigenvalue weighted by molar-refractivity contribution is -0.150. The van der Waals surface area contributed by atoms with Crippen LogP contribution in [0.4, 0.5) is 4.79 Å². The maximum absolute atomic E-state index is 12.7. The van der Waals surface area contributed by atoms with E-state index in [4.69, 9.17) is 13.9 Å². The molecule has 1 aliphatic rings. The van der Waals surface area contributed by atoms with Gasteiger partial charge in [-0.05, 0) is 49.8 Å². The van der Waals surface area contributed by atoms with Gasteiger partial charge in [0.2, 0.25) is 5.76 Å². The third kappa shape index (κ3) is 5.15. The van der Waals surface area contributed by atoms with E-state index >= 15 is 0 Å². The molecule has 0 radical (unpaired) electrons. The van der Waals surface area contributed by atoms with Gasteiger partial charge in [-0.3, -0.25) is 9.69 Å². The van der Waals surface area contributed by atoms with Crippen molar-refractivity contribution in [2.75, 3.05) is 13.7 Å². The van der Waals surface area contributed by atoms with Gasteiger partial charge >= 0.3 is 18.0 Å². The Morgan fingerprint density at radius 1 is 1.22 bits per heavy atom. The maximum Gasteiger partial charge on any atom is 0.373 e. The minimum absolute atomic E-state index is 0.0285. The predicted octanol–water partition coefficient (Wildman–Crippen LogP) is 2.49. The summed E-state index contributed by atoms with van der Waals surface area (Å²) in [5.41, 5.74) is 0.639. The molecular formula is C22H22N2O8. The molecule has 1 N–H and O–H groups in total. The fourth-order valence-electron chi connectivity index (χ4n) is 2.90. The molecule has 1 unspecified atom stereocenters.